The van der Waals surface area contributed by atoms with Gasteiger partial charge in [0, 0.05) is 16.7 Å². The van der Waals surface area contributed by atoms with Gasteiger partial charge in [-0.15, -0.1) is 0 Å². The number of rotatable bonds is 3. The minimum atomic E-state index is 0.481. The predicted molar refractivity (Wildman–Crippen MR) is 53.9 cm³/mol. The zero-order valence-corrected chi connectivity index (χ0v) is 8.58. The van der Waals surface area contributed by atoms with Gasteiger partial charge in [-0.3, -0.25) is 0 Å². The Morgan fingerprint density at radius 3 is 2.57 bits per heavy atom. The van der Waals surface area contributed by atoms with Crippen molar-refractivity contribution in [1.82, 2.24) is 0 Å². The van der Waals surface area contributed by atoms with Gasteiger partial charge >= 0.3 is 0 Å². The van der Waals surface area contributed by atoms with E-state index in [1.165, 1.54) is 20.4 Å². The Morgan fingerprint density at radius 1 is 1.36 bits per heavy atom. The number of hydrogen-bond acceptors (Lipinski definition) is 4. The molecule has 1 rings (SSSR count). The van der Waals surface area contributed by atoms with Gasteiger partial charge < -0.3 is 14.7 Å². The SMILES string of the molecule is COc1cc(Cl)cc(/C=N/O)c1OC. The fourth-order valence-corrected chi connectivity index (χ4v) is 1.33. The zero-order chi connectivity index (χ0) is 10.6. The van der Waals surface area contributed by atoms with Crippen LogP contribution in [0.2, 0.25) is 5.02 Å². The van der Waals surface area contributed by atoms with Gasteiger partial charge in [-0.1, -0.05) is 16.8 Å². The molecule has 14 heavy (non-hydrogen) atoms. The molecule has 0 radical (unpaired) electrons. The quantitative estimate of drug-likeness (QED) is 0.478. The van der Waals surface area contributed by atoms with E-state index in [0.717, 1.165) is 0 Å². The lowest BCUT2D eigenvalue weighted by atomic mass is 10.2. The van der Waals surface area contributed by atoms with Crippen LogP contribution in [0.3, 0.4) is 0 Å². The van der Waals surface area contributed by atoms with Crippen LogP contribution in [0, 0.1) is 0 Å². The van der Waals surface area contributed by atoms with E-state index in [9.17, 15) is 0 Å². The third-order valence-electron chi connectivity index (χ3n) is 1.67. The van der Waals surface area contributed by atoms with Crippen molar-refractivity contribution < 1.29 is 14.7 Å². The van der Waals surface area contributed by atoms with Gasteiger partial charge in [-0.25, -0.2) is 0 Å². The highest BCUT2D eigenvalue weighted by Gasteiger charge is 2.10. The van der Waals surface area contributed by atoms with Crippen LogP contribution >= 0.6 is 11.6 Å². The summed E-state index contributed by atoms with van der Waals surface area (Å²) in [5.41, 5.74) is 0.555. The molecule has 0 saturated heterocycles. The van der Waals surface area contributed by atoms with Gasteiger partial charge in [0.1, 0.15) is 0 Å². The van der Waals surface area contributed by atoms with Gasteiger partial charge in [0.2, 0.25) is 0 Å². The standard InChI is InChI=1S/C9H10ClNO3/c1-13-8-4-7(10)3-6(5-11-12)9(8)14-2/h3-5,12H,1-2H3/b11-5+. The molecular formula is C9H10ClNO3. The maximum Gasteiger partial charge on any atom is 0.169 e. The molecule has 5 heteroatoms. The fraction of sp³-hybridized carbons (Fsp3) is 0.222. The number of hydrogen-bond donors (Lipinski definition) is 1. The smallest absolute Gasteiger partial charge is 0.169 e. The molecule has 0 spiro atoms. The molecule has 0 aliphatic carbocycles. The van der Waals surface area contributed by atoms with E-state index in [1.54, 1.807) is 12.1 Å². The first-order valence-electron chi connectivity index (χ1n) is 3.82. The van der Waals surface area contributed by atoms with E-state index in [2.05, 4.69) is 5.16 Å². The summed E-state index contributed by atoms with van der Waals surface area (Å²) in [5, 5.41) is 11.8. The Bertz CT molecular complexity index is 352. The highest BCUT2D eigenvalue weighted by Crippen LogP contribution is 2.33. The Balaban J connectivity index is 3.31. The first kappa shape index (κ1) is 10.7. The minimum Gasteiger partial charge on any atom is -0.493 e. The highest BCUT2D eigenvalue weighted by molar-refractivity contribution is 6.31. The van der Waals surface area contributed by atoms with E-state index in [4.69, 9.17) is 26.3 Å². The molecule has 0 atom stereocenters. The molecule has 0 heterocycles. The summed E-state index contributed by atoms with van der Waals surface area (Å²) in [5.74, 6) is 0.976. The van der Waals surface area contributed by atoms with Gasteiger partial charge in [0.05, 0.1) is 20.4 Å². The molecule has 0 aliphatic rings. The van der Waals surface area contributed by atoms with E-state index < -0.39 is 0 Å². The van der Waals surface area contributed by atoms with Crippen LogP contribution in [0.25, 0.3) is 0 Å². The summed E-state index contributed by atoms with van der Waals surface area (Å²) < 4.78 is 10.1. The van der Waals surface area contributed by atoms with Crippen LogP contribution in [-0.4, -0.2) is 25.6 Å². The maximum atomic E-state index is 8.42. The van der Waals surface area contributed by atoms with Crippen LogP contribution < -0.4 is 9.47 Å². The molecule has 0 amide bonds. The lowest BCUT2D eigenvalue weighted by Gasteiger charge is -2.10. The van der Waals surface area contributed by atoms with Crippen LogP contribution in [-0.2, 0) is 0 Å². The van der Waals surface area contributed by atoms with Crippen LogP contribution in [0.5, 0.6) is 11.5 Å². The molecule has 0 bridgehead atoms. The molecular weight excluding hydrogens is 206 g/mol. The van der Waals surface area contributed by atoms with Gasteiger partial charge in [-0.2, -0.15) is 0 Å². The number of ether oxygens (including phenoxy) is 2. The molecule has 1 aromatic rings. The summed E-state index contributed by atoms with van der Waals surface area (Å²) in [4.78, 5) is 0. The normalized spacial score (nSPS) is 10.5. The Kier molecular flexibility index (Phi) is 3.59. The average molecular weight is 216 g/mol. The zero-order valence-electron chi connectivity index (χ0n) is 7.82. The first-order chi connectivity index (χ1) is 6.72. The number of nitrogens with zero attached hydrogens (tertiary/aromatic N) is 1. The van der Waals surface area contributed by atoms with Crippen molar-refractivity contribution in [1.29, 1.82) is 0 Å². The molecule has 1 N–H and O–H groups in total. The lowest BCUT2D eigenvalue weighted by Crippen LogP contribution is -1.95. The van der Waals surface area contributed by atoms with Crippen molar-refractivity contribution in [2.75, 3.05) is 14.2 Å². The molecule has 0 saturated carbocycles. The van der Waals surface area contributed by atoms with Crippen molar-refractivity contribution in [3.63, 3.8) is 0 Å². The minimum absolute atomic E-state index is 0.481. The van der Waals surface area contributed by atoms with Gasteiger partial charge in [-0.05, 0) is 6.07 Å². The topological polar surface area (TPSA) is 51.0 Å². The Morgan fingerprint density at radius 2 is 2.07 bits per heavy atom. The van der Waals surface area contributed by atoms with Crippen molar-refractivity contribution in [2.24, 2.45) is 5.16 Å². The number of benzene rings is 1. The molecule has 0 unspecified atom stereocenters. The van der Waals surface area contributed by atoms with E-state index in [-0.39, 0.29) is 0 Å². The Hall–Kier alpha value is -1.42. The van der Waals surface area contributed by atoms with Crippen LogP contribution in [0.4, 0.5) is 0 Å². The van der Waals surface area contributed by atoms with E-state index >= 15 is 0 Å². The largest absolute Gasteiger partial charge is 0.493 e. The summed E-state index contributed by atoms with van der Waals surface area (Å²) in [6.07, 6.45) is 1.23. The number of oxime groups is 1. The second kappa shape index (κ2) is 4.72. The molecule has 0 aromatic heterocycles. The summed E-state index contributed by atoms with van der Waals surface area (Å²) in [7, 11) is 3.01. The van der Waals surface area contributed by atoms with Crippen molar-refractivity contribution in [2.45, 2.75) is 0 Å². The summed E-state index contributed by atoms with van der Waals surface area (Å²) in [6.45, 7) is 0. The number of halogens is 1. The third-order valence-corrected chi connectivity index (χ3v) is 1.89. The second-order valence-corrected chi connectivity index (χ2v) is 2.91. The van der Waals surface area contributed by atoms with E-state index in [1.807, 2.05) is 0 Å². The third kappa shape index (κ3) is 2.09. The monoisotopic (exact) mass is 215 g/mol. The predicted octanol–water partition coefficient (Wildman–Crippen LogP) is 2.17. The van der Waals surface area contributed by atoms with Crippen molar-refractivity contribution in [3.8, 4) is 11.5 Å². The maximum absolute atomic E-state index is 8.42. The summed E-state index contributed by atoms with van der Waals surface area (Å²) >= 11 is 5.81. The molecule has 76 valence electrons. The van der Waals surface area contributed by atoms with Gasteiger partial charge in [0.25, 0.3) is 0 Å². The lowest BCUT2D eigenvalue weighted by molar-refractivity contribution is 0.321. The Labute approximate surface area is 86.7 Å². The van der Waals surface area contributed by atoms with Crippen LogP contribution in [0.15, 0.2) is 17.3 Å². The molecule has 1 aromatic carbocycles. The van der Waals surface area contributed by atoms with Gasteiger partial charge in [0.15, 0.2) is 11.5 Å². The van der Waals surface area contributed by atoms with E-state index in [0.29, 0.717) is 22.1 Å². The average Bonchev–Trinajstić information content (AvgIpc) is 2.17. The first-order valence-corrected chi connectivity index (χ1v) is 4.19. The molecule has 0 aliphatic heterocycles. The highest BCUT2D eigenvalue weighted by atomic mass is 35.5. The summed E-state index contributed by atoms with van der Waals surface area (Å²) in [6, 6.07) is 3.23. The fourth-order valence-electron chi connectivity index (χ4n) is 1.12. The number of methoxy groups -OCH3 is 2. The van der Waals surface area contributed by atoms with Crippen molar-refractivity contribution >= 4 is 17.8 Å². The second-order valence-electron chi connectivity index (χ2n) is 2.48. The molecule has 4 nitrogen and oxygen atoms in total. The van der Waals surface area contributed by atoms with Crippen molar-refractivity contribution in [3.05, 3.63) is 22.7 Å². The molecule has 0 fully saturated rings. The van der Waals surface area contributed by atoms with Crippen LogP contribution in [0.1, 0.15) is 5.56 Å².